The largest absolute Gasteiger partial charge is 0.341 e. The van der Waals surface area contributed by atoms with Crippen molar-refractivity contribution in [2.24, 2.45) is 0 Å². The Morgan fingerprint density at radius 2 is 1.70 bits per heavy atom. The van der Waals surface area contributed by atoms with Gasteiger partial charge in [-0.15, -0.1) is 0 Å². The molecule has 1 fully saturated rings. The third-order valence-electron chi connectivity index (χ3n) is 4.57. The van der Waals surface area contributed by atoms with Crippen molar-refractivity contribution in [3.8, 4) is 0 Å². The molecule has 0 atom stereocenters. The molecule has 0 aliphatic carbocycles. The number of aryl methyl sites for hydroxylation is 1. The van der Waals surface area contributed by atoms with E-state index in [1.54, 1.807) is 21.9 Å². The number of nitrogens with zero attached hydrogens (tertiary/aromatic N) is 3. The van der Waals surface area contributed by atoms with Crippen molar-refractivity contribution in [1.29, 1.82) is 0 Å². The lowest BCUT2D eigenvalue weighted by atomic mass is 10.1. The molecule has 0 saturated carbocycles. The molecule has 2 amide bonds. The van der Waals surface area contributed by atoms with Gasteiger partial charge in [-0.2, -0.15) is 5.10 Å². The van der Waals surface area contributed by atoms with Crippen molar-refractivity contribution in [2.45, 2.75) is 19.3 Å². The maximum atomic E-state index is 12.9. The van der Waals surface area contributed by atoms with Crippen LogP contribution in [-0.4, -0.2) is 58.0 Å². The van der Waals surface area contributed by atoms with Crippen LogP contribution in [0.25, 0.3) is 0 Å². The second-order valence-electron chi connectivity index (χ2n) is 6.46. The first kappa shape index (κ1) is 18.8. The van der Waals surface area contributed by atoms with Gasteiger partial charge in [-0.3, -0.25) is 14.4 Å². The highest BCUT2D eigenvalue weighted by molar-refractivity contribution is 5.92. The molecule has 1 aromatic heterocycles. The van der Waals surface area contributed by atoms with Crippen LogP contribution >= 0.6 is 0 Å². The lowest BCUT2D eigenvalue weighted by Gasteiger charge is -2.22. The van der Waals surface area contributed by atoms with E-state index in [4.69, 9.17) is 0 Å². The topological polar surface area (TPSA) is 86.4 Å². The highest BCUT2D eigenvalue weighted by Crippen LogP contribution is 2.11. The molecule has 7 nitrogen and oxygen atoms in total. The van der Waals surface area contributed by atoms with Gasteiger partial charge < -0.3 is 9.80 Å². The van der Waals surface area contributed by atoms with E-state index in [0.717, 1.165) is 5.56 Å². The van der Waals surface area contributed by atoms with Crippen LogP contribution in [0, 0.1) is 5.82 Å². The van der Waals surface area contributed by atoms with E-state index >= 15 is 0 Å². The van der Waals surface area contributed by atoms with Gasteiger partial charge in [0.1, 0.15) is 11.5 Å². The molecule has 142 valence electrons. The summed E-state index contributed by atoms with van der Waals surface area (Å²) < 4.78 is 12.9. The number of hydrogen-bond acceptors (Lipinski definition) is 4. The van der Waals surface area contributed by atoms with Crippen molar-refractivity contribution in [2.75, 3.05) is 26.2 Å². The van der Waals surface area contributed by atoms with Gasteiger partial charge in [0.25, 0.3) is 11.5 Å². The van der Waals surface area contributed by atoms with Gasteiger partial charge in [0, 0.05) is 38.7 Å². The quantitative estimate of drug-likeness (QED) is 0.874. The summed E-state index contributed by atoms with van der Waals surface area (Å²) in [6, 6.07) is 8.81. The van der Waals surface area contributed by atoms with Crippen LogP contribution < -0.4 is 5.56 Å². The van der Waals surface area contributed by atoms with Crippen LogP contribution in [0.4, 0.5) is 4.39 Å². The average Bonchev–Trinajstić information content (AvgIpc) is 2.94. The molecular formula is C19H21FN4O3. The van der Waals surface area contributed by atoms with E-state index < -0.39 is 0 Å². The highest BCUT2D eigenvalue weighted by atomic mass is 19.1. The Morgan fingerprint density at radius 1 is 1.00 bits per heavy atom. The molecule has 3 rings (SSSR count). The predicted molar refractivity (Wildman–Crippen MR) is 96.7 cm³/mol. The first-order valence-corrected chi connectivity index (χ1v) is 8.90. The lowest BCUT2D eigenvalue weighted by molar-refractivity contribution is -0.131. The summed E-state index contributed by atoms with van der Waals surface area (Å²) in [6.07, 6.45) is 1.58. The predicted octanol–water partition coefficient (Wildman–Crippen LogP) is 1.22. The number of carbonyl (C=O) groups is 2. The maximum Gasteiger partial charge on any atom is 0.274 e. The molecule has 1 N–H and O–H groups in total. The number of H-pyrrole nitrogens is 1. The molecule has 0 unspecified atom stereocenters. The number of aromatic nitrogens is 2. The van der Waals surface area contributed by atoms with Gasteiger partial charge >= 0.3 is 0 Å². The maximum absolute atomic E-state index is 12.9. The molecule has 0 spiro atoms. The Labute approximate surface area is 155 Å². The molecule has 0 bridgehead atoms. The molecule has 1 aromatic carbocycles. The molecule has 8 heteroatoms. The second kappa shape index (κ2) is 8.57. The normalized spacial score (nSPS) is 14.7. The van der Waals surface area contributed by atoms with Crippen molar-refractivity contribution in [3.63, 3.8) is 0 Å². The van der Waals surface area contributed by atoms with Crippen LogP contribution in [-0.2, 0) is 11.2 Å². The van der Waals surface area contributed by atoms with Gasteiger partial charge in [-0.05, 0) is 36.6 Å². The summed E-state index contributed by atoms with van der Waals surface area (Å²) in [7, 11) is 0. The third kappa shape index (κ3) is 4.99. The van der Waals surface area contributed by atoms with Crippen LogP contribution in [0.3, 0.4) is 0 Å². The number of aromatic amines is 1. The van der Waals surface area contributed by atoms with Gasteiger partial charge in [0.15, 0.2) is 0 Å². The second-order valence-corrected chi connectivity index (χ2v) is 6.46. The summed E-state index contributed by atoms with van der Waals surface area (Å²) in [6.45, 7) is 1.99. The zero-order valence-corrected chi connectivity index (χ0v) is 14.9. The first-order valence-electron chi connectivity index (χ1n) is 8.90. The summed E-state index contributed by atoms with van der Waals surface area (Å²) in [4.78, 5) is 39.4. The van der Waals surface area contributed by atoms with Gasteiger partial charge in [-0.25, -0.2) is 9.49 Å². The van der Waals surface area contributed by atoms with Crippen LogP contribution in [0.1, 0.15) is 28.9 Å². The summed E-state index contributed by atoms with van der Waals surface area (Å²) in [5, 5.41) is 6.03. The summed E-state index contributed by atoms with van der Waals surface area (Å²) >= 11 is 0. The molecule has 1 aliphatic heterocycles. The number of amides is 2. The van der Waals surface area contributed by atoms with Crippen LogP contribution in [0.5, 0.6) is 0 Å². The Morgan fingerprint density at radius 3 is 2.41 bits per heavy atom. The minimum atomic E-state index is -0.361. The zero-order chi connectivity index (χ0) is 19.2. The van der Waals surface area contributed by atoms with E-state index in [9.17, 15) is 18.8 Å². The molecule has 1 aliphatic rings. The number of benzene rings is 1. The fraction of sp³-hybridized carbons (Fsp3) is 0.368. The van der Waals surface area contributed by atoms with Crippen molar-refractivity contribution in [3.05, 3.63) is 63.8 Å². The molecular weight excluding hydrogens is 351 g/mol. The minimum Gasteiger partial charge on any atom is -0.341 e. The first-order chi connectivity index (χ1) is 13.0. The van der Waals surface area contributed by atoms with E-state index in [1.807, 2.05) is 0 Å². The van der Waals surface area contributed by atoms with Crippen molar-refractivity contribution in [1.82, 2.24) is 20.0 Å². The van der Waals surface area contributed by atoms with Crippen LogP contribution in [0.15, 0.2) is 41.2 Å². The Hall–Kier alpha value is -3.03. The monoisotopic (exact) mass is 372 g/mol. The zero-order valence-electron chi connectivity index (χ0n) is 14.9. The molecule has 0 radical (unpaired) electrons. The summed E-state index contributed by atoms with van der Waals surface area (Å²) in [5.41, 5.74) is 0.742. The van der Waals surface area contributed by atoms with E-state index in [0.29, 0.717) is 45.4 Å². The number of nitrogens with one attached hydrogen (secondary N) is 1. The standard InChI is InChI=1S/C19H21FN4O3/c20-15-5-2-14(3-6-15)4-9-18(26)23-10-1-11-24(13-12-23)19(27)16-7-8-17(25)22-21-16/h2-3,5-8H,1,4,9-13H2,(H,22,25). The van der Waals surface area contributed by atoms with E-state index in [-0.39, 0.29) is 28.9 Å². The summed E-state index contributed by atoms with van der Waals surface area (Å²) in [5.74, 6) is -0.526. The smallest absolute Gasteiger partial charge is 0.274 e. The minimum absolute atomic E-state index is 0.0239. The molecule has 2 aromatic rings. The van der Waals surface area contributed by atoms with Gasteiger partial charge in [0.05, 0.1) is 0 Å². The fourth-order valence-corrected chi connectivity index (χ4v) is 3.06. The Bertz CT molecular complexity index is 846. The third-order valence-corrected chi connectivity index (χ3v) is 4.57. The Kier molecular flexibility index (Phi) is 5.95. The highest BCUT2D eigenvalue weighted by Gasteiger charge is 2.23. The molecule has 1 saturated heterocycles. The van der Waals surface area contributed by atoms with E-state index in [2.05, 4.69) is 10.2 Å². The average molecular weight is 372 g/mol. The van der Waals surface area contributed by atoms with Crippen molar-refractivity contribution < 1.29 is 14.0 Å². The SMILES string of the molecule is O=C(CCc1ccc(F)cc1)N1CCCN(C(=O)c2ccc(=O)[nH]n2)CC1. The van der Waals surface area contributed by atoms with E-state index in [1.165, 1.54) is 24.3 Å². The molecule has 2 heterocycles. The number of hydrogen-bond donors (Lipinski definition) is 1. The van der Waals surface area contributed by atoms with Crippen molar-refractivity contribution >= 4 is 11.8 Å². The number of rotatable bonds is 4. The fourth-order valence-electron chi connectivity index (χ4n) is 3.06. The van der Waals surface area contributed by atoms with Gasteiger partial charge in [0.2, 0.25) is 5.91 Å². The number of halogens is 1. The number of carbonyl (C=O) groups excluding carboxylic acids is 2. The molecule has 27 heavy (non-hydrogen) atoms. The Balaban J connectivity index is 1.53. The lowest BCUT2D eigenvalue weighted by Crippen LogP contribution is -2.38. The van der Waals surface area contributed by atoms with Gasteiger partial charge in [-0.1, -0.05) is 12.1 Å². The van der Waals surface area contributed by atoms with Crippen LogP contribution in [0.2, 0.25) is 0 Å².